The number of aliphatic hydroxyl groups is 1. The molecule has 3 heteroatoms. The first-order valence-electron chi connectivity index (χ1n) is 4.26. The second kappa shape index (κ2) is 3.74. The molecule has 2 N–H and O–H groups in total. The van der Waals surface area contributed by atoms with Crippen molar-refractivity contribution in [3.8, 4) is 0 Å². The number of rotatable bonds is 1. The molecule has 1 heterocycles. The van der Waals surface area contributed by atoms with Gasteiger partial charge in [0.1, 0.15) is 0 Å². The Kier molecular flexibility index (Phi) is 3.16. The third-order valence-corrected chi connectivity index (χ3v) is 3.07. The zero-order valence-corrected chi connectivity index (χ0v) is 7.44. The van der Waals surface area contributed by atoms with E-state index in [1.807, 2.05) is 0 Å². The van der Waals surface area contributed by atoms with Crippen molar-refractivity contribution in [1.82, 2.24) is 5.32 Å². The molecular weight excluding hydrogens is 162 g/mol. The zero-order chi connectivity index (χ0) is 6.97. The van der Waals surface area contributed by atoms with Gasteiger partial charge in [-0.1, -0.05) is 6.42 Å². The van der Waals surface area contributed by atoms with Crippen LogP contribution in [-0.2, 0) is 0 Å². The van der Waals surface area contributed by atoms with E-state index < -0.39 is 0 Å². The van der Waals surface area contributed by atoms with Gasteiger partial charge in [-0.2, -0.15) is 0 Å². The molecule has 0 spiro atoms. The van der Waals surface area contributed by atoms with Crippen LogP contribution < -0.4 is 5.32 Å². The van der Waals surface area contributed by atoms with E-state index in [1.54, 1.807) is 0 Å². The molecule has 0 aromatic heterocycles. The van der Waals surface area contributed by atoms with Gasteiger partial charge >= 0.3 is 0 Å². The lowest BCUT2D eigenvalue weighted by Gasteiger charge is -2.14. The van der Waals surface area contributed by atoms with E-state index in [2.05, 4.69) is 5.32 Å². The Hall–Kier alpha value is 0.210. The Bertz CT molecular complexity index is 131. The molecule has 2 nitrogen and oxygen atoms in total. The van der Waals surface area contributed by atoms with Crippen molar-refractivity contribution in [3.05, 3.63) is 0 Å². The molecule has 3 atom stereocenters. The van der Waals surface area contributed by atoms with Crippen LogP contribution in [0.1, 0.15) is 19.3 Å². The second-order valence-corrected chi connectivity index (χ2v) is 3.55. The van der Waals surface area contributed by atoms with E-state index in [9.17, 15) is 0 Å². The number of halogens is 1. The average Bonchev–Trinajstić information content (AvgIpc) is 2.44. The van der Waals surface area contributed by atoms with Gasteiger partial charge in [-0.25, -0.2) is 0 Å². The van der Waals surface area contributed by atoms with Crippen LogP contribution in [0.4, 0.5) is 0 Å². The number of hydrogen-bond acceptors (Lipinski definition) is 2. The summed E-state index contributed by atoms with van der Waals surface area (Å²) in [5.41, 5.74) is 0. The van der Waals surface area contributed by atoms with Crippen molar-refractivity contribution in [1.29, 1.82) is 0 Å². The summed E-state index contributed by atoms with van der Waals surface area (Å²) in [4.78, 5) is 0. The molecule has 0 aromatic rings. The lowest BCUT2D eigenvalue weighted by atomic mass is 9.95. The maximum absolute atomic E-state index is 8.95. The predicted molar refractivity (Wildman–Crippen MR) is 47.0 cm³/mol. The first kappa shape index (κ1) is 9.30. The van der Waals surface area contributed by atoms with Gasteiger partial charge in [0.2, 0.25) is 0 Å². The minimum Gasteiger partial charge on any atom is -0.395 e. The molecule has 1 aliphatic heterocycles. The normalized spacial score (nSPS) is 41.7. The van der Waals surface area contributed by atoms with Gasteiger partial charge in [0.15, 0.2) is 0 Å². The molecule has 0 aromatic carbocycles. The smallest absolute Gasteiger partial charge is 0.0587 e. The van der Waals surface area contributed by atoms with Gasteiger partial charge < -0.3 is 10.4 Å². The maximum Gasteiger partial charge on any atom is 0.0587 e. The summed E-state index contributed by atoms with van der Waals surface area (Å²) in [6, 6.07) is 0.424. The Morgan fingerprint density at radius 3 is 2.91 bits per heavy atom. The standard InChI is InChI=1S/C8H15NO.ClH/c10-5-8-7-3-1-2-6(7)4-9-8;/h6-10H,1-5H2;1H/t6?,7-,8+;/m0./s1. The van der Waals surface area contributed by atoms with Crippen molar-refractivity contribution in [2.45, 2.75) is 25.3 Å². The first-order chi connectivity index (χ1) is 4.92. The molecule has 2 aliphatic rings. The van der Waals surface area contributed by atoms with Crippen molar-refractivity contribution in [2.75, 3.05) is 13.2 Å². The molecule has 2 rings (SSSR count). The minimum absolute atomic E-state index is 0. The van der Waals surface area contributed by atoms with Crippen LogP contribution in [0.15, 0.2) is 0 Å². The van der Waals surface area contributed by atoms with E-state index in [1.165, 1.54) is 19.3 Å². The van der Waals surface area contributed by atoms with Crippen molar-refractivity contribution in [3.63, 3.8) is 0 Å². The lowest BCUT2D eigenvalue weighted by Crippen LogP contribution is -2.30. The van der Waals surface area contributed by atoms with E-state index in [4.69, 9.17) is 5.11 Å². The molecule has 1 unspecified atom stereocenters. The van der Waals surface area contributed by atoms with Gasteiger partial charge in [-0.05, 0) is 31.2 Å². The highest BCUT2D eigenvalue weighted by atomic mass is 35.5. The second-order valence-electron chi connectivity index (χ2n) is 3.55. The summed E-state index contributed by atoms with van der Waals surface area (Å²) >= 11 is 0. The lowest BCUT2D eigenvalue weighted by molar-refractivity contribution is 0.222. The number of aliphatic hydroxyl groups excluding tert-OH is 1. The highest BCUT2D eigenvalue weighted by molar-refractivity contribution is 5.85. The molecule has 1 saturated carbocycles. The summed E-state index contributed by atoms with van der Waals surface area (Å²) in [6.07, 6.45) is 4.10. The molecule has 2 fully saturated rings. The summed E-state index contributed by atoms with van der Waals surface area (Å²) in [6.45, 7) is 1.48. The quantitative estimate of drug-likeness (QED) is 0.621. The molecule has 1 saturated heterocycles. The van der Waals surface area contributed by atoms with E-state index in [0.29, 0.717) is 12.6 Å². The molecule has 0 radical (unpaired) electrons. The van der Waals surface area contributed by atoms with E-state index >= 15 is 0 Å². The van der Waals surface area contributed by atoms with Gasteiger partial charge in [-0.15, -0.1) is 12.4 Å². The first-order valence-corrected chi connectivity index (χ1v) is 4.26. The zero-order valence-electron chi connectivity index (χ0n) is 6.62. The Labute approximate surface area is 73.8 Å². The van der Waals surface area contributed by atoms with Crippen LogP contribution in [-0.4, -0.2) is 24.3 Å². The number of hydrogen-bond donors (Lipinski definition) is 2. The van der Waals surface area contributed by atoms with Crippen LogP contribution >= 0.6 is 12.4 Å². The van der Waals surface area contributed by atoms with Crippen LogP contribution in [0.2, 0.25) is 0 Å². The van der Waals surface area contributed by atoms with Gasteiger partial charge in [-0.3, -0.25) is 0 Å². The third-order valence-electron chi connectivity index (χ3n) is 3.07. The molecule has 1 aliphatic carbocycles. The predicted octanol–water partition coefficient (Wildman–Crippen LogP) is 0.789. The molecule has 66 valence electrons. The minimum atomic E-state index is 0. The highest BCUT2D eigenvalue weighted by Gasteiger charge is 2.38. The summed E-state index contributed by atoms with van der Waals surface area (Å²) < 4.78 is 0. The van der Waals surface area contributed by atoms with Crippen LogP contribution in [0.5, 0.6) is 0 Å². The van der Waals surface area contributed by atoms with Crippen LogP contribution in [0.3, 0.4) is 0 Å². The van der Waals surface area contributed by atoms with Crippen molar-refractivity contribution >= 4 is 12.4 Å². The van der Waals surface area contributed by atoms with Crippen molar-refractivity contribution in [2.24, 2.45) is 11.8 Å². The Morgan fingerprint density at radius 1 is 1.36 bits per heavy atom. The molecule has 0 amide bonds. The van der Waals surface area contributed by atoms with Gasteiger partial charge in [0.25, 0.3) is 0 Å². The highest BCUT2D eigenvalue weighted by Crippen LogP contribution is 2.37. The fraction of sp³-hybridized carbons (Fsp3) is 1.00. The summed E-state index contributed by atoms with van der Waals surface area (Å²) in [5, 5.41) is 12.3. The molecular formula is C8H16ClNO. The fourth-order valence-corrected chi connectivity index (χ4v) is 2.50. The average molecular weight is 178 g/mol. The Morgan fingerprint density at radius 2 is 2.18 bits per heavy atom. The monoisotopic (exact) mass is 177 g/mol. The van der Waals surface area contributed by atoms with Crippen molar-refractivity contribution < 1.29 is 5.11 Å². The van der Waals surface area contributed by atoms with Crippen LogP contribution in [0.25, 0.3) is 0 Å². The van der Waals surface area contributed by atoms with Crippen LogP contribution in [0, 0.1) is 11.8 Å². The molecule has 0 bridgehead atoms. The maximum atomic E-state index is 8.95. The fourth-order valence-electron chi connectivity index (χ4n) is 2.50. The summed E-state index contributed by atoms with van der Waals surface area (Å²) in [7, 11) is 0. The molecule has 11 heavy (non-hydrogen) atoms. The van der Waals surface area contributed by atoms with E-state index in [0.717, 1.165) is 18.4 Å². The van der Waals surface area contributed by atoms with Gasteiger partial charge in [0.05, 0.1) is 6.61 Å². The van der Waals surface area contributed by atoms with Gasteiger partial charge in [0, 0.05) is 6.04 Å². The third kappa shape index (κ3) is 1.53. The largest absolute Gasteiger partial charge is 0.395 e. The topological polar surface area (TPSA) is 32.3 Å². The Balaban J connectivity index is 0.000000605. The number of nitrogens with one attached hydrogen (secondary N) is 1. The van der Waals surface area contributed by atoms with E-state index in [-0.39, 0.29) is 12.4 Å². The number of fused-ring (bicyclic) bond motifs is 1. The summed E-state index contributed by atoms with van der Waals surface area (Å²) in [5.74, 6) is 1.68. The SMILES string of the molecule is Cl.OC[C@H]1NCC2CCC[C@@H]21.